The molecule has 1 heterocycles. The highest BCUT2D eigenvalue weighted by Crippen LogP contribution is 2.32. The van der Waals surface area contributed by atoms with Crippen molar-refractivity contribution in [1.29, 1.82) is 5.26 Å². The van der Waals surface area contributed by atoms with Gasteiger partial charge in [-0.3, -0.25) is 14.9 Å². The first kappa shape index (κ1) is 13.7. The summed E-state index contributed by atoms with van der Waals surface area (Å²) in [5, 5.41) is 31.8. The van der Waals surface area contributed by atoms with E-state index in [1.807, 2.05) is 0 Å². The van der Waals surface area contributed by atoms with E-state index in [1.165, 1.54) is 12.3 Å². The van der Waals surface area contributed by atoms with Crippen molar-refractivity contribution >= 4 is 17.5 Å². The molecule has 20 heavy (non-hydrogen) atoms. The van der Waals surface area contributed by atoms with Crippen LogP contribution in [-0.4, -0.2) is 27.0 Å². The van der Waals surface area contributed by atoms with Crippen molar-refractivity contribution in [1.82, 2.24) is 4.98 Å². The average Bonchev–Trinajstić information content (AvgIpc) is 2.86. The minimum Gasteiger partial charge on any atom is -0.481 e. The van der Waals surface area contributed by atoms with Gasteiger partial charge < -0.3 is 10.4 Å². The first-order valence-electron chi connectivity index (χ1n) is 6.07. The maximum Gasteiger partial charge on any atom is 0.328 e. The SMILES string of the molecule is N#Cc1ccnc(NC2CCCC2C(=O)O)c1[N+](=O)[O-]. The Morgan fingerprint density at radius 2 is 2.35 bits per heavy atom. The van der Waals surface area contributed by atoms with Crippen molar-refractivity contribution in [3.05, 3.63) is 27.9 Å². The van der Waals surface area contributed by atoms with Gasteiger partial charge in [-0.15, -0.1) is 0 Å². The number of nitrogens with one attached hydrogen (secondary N) is 1. The van der Waals surface area contributed by atoms with Gasteiger partial charge in [-0.2, -0.15) is 5.26 Å². The lowest BCUT2D eigenvalue weighted by Gasteiger charge is -2.18. The maximum atomic E-state index is 11.1. The molecule has 0 aliphatic heterocycles. The zero-order chi connectivity index (χ0) is 14.7. The number of carbonyl (C=O) groups is 1. The highest BCUT2D eigenvalue weighted by molar-refractivity contribution is 5.73. The Morgan fingerprint density at radius 1 is 1.60 bits per heavy atom. The fourth-order valence-electron chi connectivity index (χ4n) is 2.44. The molecule has 1 aliphatic carbocycles. The minimum atomic E-state index is -0.931. The van der Waals surface area contributed by atoms with E-state index in [2.05, 4.69) is 10.3 Å². The number of aromatic nitrogens is 1. The summed E-state index contributed by atoms with van der Waals surface area (Å²) in [5.41, 5.74) is -0.511. The van der Waals surface area contributed by atoms with Gasteiger partial charge >= 0.3 is 11.7 Å². The lowest BCUT2D eigenvalue weighted by molar-refractivity contribution is -0.384. The number of carboxylic acids is 1. The van der Waals surface area contributed by atoms with E-state index in [0.717, 1.165) is 6.42 Å². The molecule has 8 heteroatoms. The molecular weight excluding hydrogens is 264 g/mol. The minimum absolute atomic E-state index is 0.0489. The lowest BCUT2D eigenvalue weighted by Crippen LogP contribution is -2.30. The number of anilines is 1. The number of hydrogen-bond donors (Lipinski definition) is 2. The summed E-state index contributed by atoms with van der Waals surface area (Å²) in [6.07, 6.45) is 3.16. The normalized spacial score (nSPS) is 21.1. The number of aliphatic carboxylic acids is 1. The van der Waals surface area contributed by atoms with Crippen molar-refractivity contribution in [2.45, 2.75) is 25.3 Å². The van der Waals surface area contributed by atoms with Gasteiger partial charge in [-0.25, -0.2) is 4.98 Å². The second-order valence-electron chi connectivity index (χ2n) is 4.55. The van der Waals surface area contributed by atoms with E-state index in [4.69, 9.17) is 10.4 Å². The Labute approximate surface area is 114 Å². The van der Waals surface area contributed by atoms with Gasteiger partial charge in [-0.1, -0.05) is 6.42 Å². The van der Waals surface area contributed by atoms with E-state index >= 15 is 0 Å². The van der Waals surface area contributed by atoms with Gasteiger partial charge in [0.05, 0.1) is 10.8 Å². The van der Waals surface area contributed by atoms with Gasteiger partial charge in [0.1, 0.15) is 11.6 Å². The smallest absolute Gasteiger partial charge is 0.328 e. The molecule has 1 fully saturated rings. The second kappa shape index (κ2) is 5.52. The highest BCUT2D eigenvalue weighted by Gasteiger charge is 2.35. The molecule has 0 radical (unpaired) electrons. The van der Waals surface area contributed by atoms with Crippen LogP contribution in [0.3, 0.4) is 0 Å². The molecule has 0 bridgehead atoms. The molecule has 1 aliphatic rings. The third-order valence-electron chi connectivity index (χ3n) is 3.38. The number of nitro groups is 1. The predicted molar refractivity (Wildman–Crippen MR) is 68.0 cm³/mol. The fourth-order valence-corrected chi connectivity index (χ4v) is 2.44. The maximum absolute atomic E-state index is 11.1. The highest BCUT2D eigenvalue weighted by atomic mass is 16.6. The number of rotatable bonds is 4. The fraction of sp³-hybridized carbons (Fsp3) is 0.417. The van der Waals surface area contributed by atoms with Crippen LogP contribution in [0.4, 0.5) is 11.5 Å². The molecule has 2 unspecified atom stereocenters. The Balaban J connectivity index is 2.32. The largest absolute Gasteiger partial charge is 0.481 e. The average molecular weight is 276 g/mol. The first-order chi connectivity index (χ1) is 9.54. The predicted octanol–water partition coefficient (Wildman–Crippen LogP) is 1.53. The topological polar surface area (TPSA) is 129 Å². The molecule has 2 atom stereocenters. The third-order valence-corrected chi connectivity index (χ3v) is 3.38. The van der Waals surface area contributed by atoms with Crippen LogP contribution in [0.5, 0.6) is 0 Å². The van der Waals surface area contributed by atoms with Crippen molar-refractivity contribution in [2.75, 3.05) is 5.32 Å². The van der Waals surface area contributed by atoms with Crippen LogP contribution < -0.4 is 5.32 Å². The number of carboxylic acid groups (broad SMARTS) is 1. The number of pyridine rings is 1. The standard InChI is InChI=1S/C12H12N4O4/c13-6-7-4-5-14-11(10(7)16(19)20)15-9-3-1-2-8(9)12(17)18/h4-5,8-9H,1-3H2,(H,14,15)(H,17,18). The van der Waals surface area contributed by atoms with Crippen molar-refractivity contribution in [3.8, 4) is 6.07 Å². The van der Waals surface area contributed by atoms with Gasteiger partial charge in [0.25, 0.3) is 0 Å². The molecule has 0 aromatic carbocycles. The lowest BCUT2D eigenvalue weighted by atomic mass is 10.0. The Morgan fingerprint density at radius 3 is 2.95 bits per heavy atom. The molecule has 1 aromatic rings. The summed E-state index contributed by atoms with van der Waals surface area (Å²) in [7, 11) is 0. The van der Waals surface area contributed by atoms with Crippen LogP contribution in [-0.2, 0) is 4.79 Å². The number of nitriles is 1. The van der Waals surface area contributed by atoms with Crippen LogP contribution in [0, 0.1) is 27.4 Å². The summed E-state index contributed by atoms with van der Waals surface area (Å²) in [6, 6.07) is 2.59. The monoisotopic (exact) mass is 276 g/mol. The van der Waals surface area contributed by atoms with Gasteiger partial charge in [-0.05, 0) is 18.9 Å². The molecule has 0 spiro atoms. The van der Waals surface area contributed by atoms with Crippen molar-refractivity contribution < 1.29 is 14.8 Å². The number of nitrogens with zero attached hydrogens (tertiary/aromatic N) is 3. The molecule has 8 nitrogen and oxygen atoms in total. The van der Waals surface area contributed by atoms with Crippen LogP contribution in [0.25, 0.3) is 0 Å². The zero-order valence-corrected chi connectivity index (χ0v) is 10.4. The van der Waals surface area contributed by atoms with Crippen LogP contribution in [0.15, 0.2) is 12.3 Å². The number of hydrogen-bond acceptors (Lipinski definition) is 6. The summed E-state index contributed by atoms with van der Waals surface area (Å²) >= 11 is 0. The van der Waals surface area contributed by atoms with Gasteiger partial charge in [0.15, 0.2) is 0 Å². The molecular formula is C12H12N4O4. The Bertz CT molecular complexity index is 596. The van der Waals surface area contributed by atoms with Crippen LogP contribution in [0.2, 0.25) is 0 Å². The Kier molecular flexibility index (Phi) is 3.79. The first-order valence-corrected chi connectivity index (χ1v) is 6.07. The molecule has 1 aromatic heterocycles. The summed E-state index contributed by atoms with van der Waals surface area (Å²) < 4.78 is 0. The van der Waals surface area contributed by atoms with Gasteiger partial charge in [0.2, 0.25) is 5.82 Å². The van der Waals surface area contributed by atoms with E-state index in [0.29, 0.717) is 12.8 Å². The van der Waals surface area contributed by atoms with E-state index in [-0.39, 0.29) is 11.4 Å². The van der Waals surface area contributed by atoms with E-state index in [9.17, 15) is 14.9 Å². The quantitative estimate of drug-likeness (QED) is 0.629. The zero-order valence-electron chi connectivity index (χ0n) is 10.4. The molecule has 0 amide bonds. The third kappa shape index (κ3) is 2.51. The summed E-state index contributed by atoms with van der Waals surface area (Å²) in [5.74, 6) is -1.58. The molecule has 2 rings (SSSR count). The molecule has 0 saturated heterocycles. The Hall–Kier alpha value is -2.69. The van der Waals surface area contributed by atoms with E-state index < -0.39 is 28.5 Å². The summed E-state index contributed by atoms with van der Waals surface area (Å²) in [4.78, 5) is 25.3. The van der Waals surface area contributed by atoms with Crippen LogP contribution >= 0.6 is 0 Å². The van der Waals surface area contributed by atoms with Crippen molar-refractivity contribution in [2.24, 2.45) is 5.92 Å². The molecule has 104 valence electrons. The molecule has 2 N–H and O–H groups in total. The van der Waals surface area contributed by atoms with Crippen molar-refractivity contribution in [3.63, 3.8) is 0 Å². The molecule has 1 saturated carbocycles. The second-order valence-corrected chi connectivity index (χ2v) is 4.55. The van der Waals surface area contributed by atoms with E-state index in [1.54, 1.807) is 6.07 Å². The van der Waals surface area contributed by atoms with Crippen LogP contribution in [0.1, 0.15) is 24.8 Å². The van der Waals surface area contributed by atoms with Gasteiger partial charge in [0, 0.05) is 12.2 Å². The summed E-state index contributed by atoms with van der Waals surface area (Å²) in [6.45, 7) is 0.